The van der Waals surface area contributed by atoms with Crippen LogP contribution in [0.25, 0.3) is 0 Å². The molecule has 1 nitrogen and oxygen atoms in total. The Morgan fingerprint density at radius 1 is 1.25 bits per heavy atom. The normalized spacial score (nSPS) is 12.7. The number of hydrogen-bond acceptors (Lipinski definition) is 1. The second-order valence-electron chi connectivity index (χ2n) is 4.88. The van der Waals surface area contributed by atoms with Gasteiger partial charge in [-0.15, -0.1) is 0 Å². The van der Waals surface area contributed by atoms with Crippen molar-refractivity contribution in [1.82, 2.24) is 4.90 Å². The average Bonchev–Trinajstić information content (AvgIpc) is 2.41. The van der Waals surface area contributed by atoms with Gasteiger partial charge in [0.25, 0.3) is 0 Å². The first-order valence-electron chi connectivity index (χ1n) is 6.37. The molecule has 2 aromatic carbocycles. The van der Waals surface area contributed by atoms with Crippen LogP contribution in [0.2, 0.25) is 5.02 Å². The molecule has 0 spiro atoms. The molecule has 106 valence electrons. The van der Waals surface area contributed by atoms with E-state index in [9.17, 15) is 4.39 Å². The standard InChI is InChI=1S/C16H16BrClFN/c1-11(12-4-3-5-15(18)8-12)20(2)10-13-6-7-14(17)9-16(13)19/h3-9,11H,10H2,1-2H3. The van der Waals surface area contributed by atoms with Gasteiger partial charge in [-0.1, -0.05) is 45.7 Å². The Balaban J connectivity index is 2.13. The highest BCUT2D eigenvalue weighted by Crippen LogP contribution is 2.24. The Kier molecular flexibility index (Phi) is 5.19. The lowest BCUT2D eigenvalue weighted by Gasteiger charge is -2.25. The molecule has 2 aromatic rings. The van der Waals surface area contributed by atoms with Gasteiger partial charge in [0.05, 0.1) is 0 Å². The number of nitrogens with zero attached hydrogens (tertiary/aromatic N) is 1. The van der Waals surface area contributed by atoms with Crippen molar-refractivity contribution in [2.24, 2.45) is 0 Å². The van der Waals surface area contributed by atoms with Gasteiger partial charge < -0.3 is 0 Å². The Hall–Kier alpha value is -0.900. The molecule has 0 N–H and O–H groups in total. The molecule has 2 rings (SSSR count). The smallest absolute Gasteiger partial charge is 0.128 e. The summed E-state index contributed by atoms with van der Waals surface area (Å²) in [5.41, 5.74) is 1.81. The highest BCUT2D eigenvalue weighted by atomic mass is 79.9. The topological polar surface area (TPSA) is 3.24 Å². The summed E-state index contributed by atoms with van der Waals surface area (Å²) in [6, 6.07) is 13.1. The lowest BCUT2D eigenvalue weighted by Crippen LogP contribution is -2.22. The molecular formula is C16H16BrClFN. The van der Waals surface area contributed by atoms with E-state index in [4.69, 9.17) is 11.6 Å². The zero-order valence-electron chi connectivity index (χ0n) is 11.4. The van der Waals surface area contributed by atoms with Crippen molar-refractivity contribution in [1.29, 1.82) is 0 Å². The van der Waals surface area contributed by atoms with Gasteiger partial charge in [0.15, 0.2) is 0 Å². The van der Waals surface area contributed by atoms with E-state index in [2.05, 4.69) is 27.8 Å². The molecule has 0 saturated heterocycles. The molecule has 0 aliphatic rings. The zero-order valence-corrected chi connectivity index (χ0v) is 13.7. The van der Waals surface area contributed by atoms with Gasteiger partial charge in [-0.25, -0.2) is 4.39 Å². The maximum absolute atomic E-state index is 13.9. The third-order valence-corrected chi connectivity index (χ3v) is 4.16. The molecule has 0 aliphatic heterocycles. The summed E-state index contributed by atoms with van der Waals surface area (Å²) >= 11 is 9.28. The predicted molar refractivity (Wildman–Crippen MR) is 85.4 cm³/mol. The predicted octanol–water partition coefficient (Wildman–Crippen LogP) is 5.43. The molecular weight excluding hydrogens is 341 g/mol. The summed E-state index contributed by atoms with van der Waals surface area (Å²) in [5, 5.41) is 0.720. The van der Waals surface area contributed by atoms with E-state index in [-0.39, 0.29) is 11.9 Å². The molecule has 0 aromatic heterocycles. The van der Waals surface area contributed by atoms with Crippen LogP contribution in [0, 0.1) is 5.82 Å². The average molecular weight is 357 g/mol. The monoisotopic (exact) mass is 355 g/mol. The molecule has 0 radical (unpaired) electrons. The SMILES string of the molecule is CC(c1cccc(Cl)c1)N(C)Cc1ccc(Br)cc1F. The van der Waals surface area contributed by atoms with Crippen LogP contribution in [0.4, 0.5) is 4.39 Å². The van der Waals surface area contributed by atoms with Gasteiger partial charge in [-0.3, -0.25) is 4.90 Å². The van der Waals surface area contributed by atoms with E-state index in [1.54, 1.807) is 6.07 Å². The summed E-state index contributed by atoms with van der Waals surface area (Å²) in [4.78, 5) is 2.10. The molecule has 0 fully saturated rings. The maximum atomic E-state index is 13.9. The van der Waals surface area contributed by atoms with Gasteiger partial charge in [0.2, 0.25) is 0 Å². The van der Waals surface area contributed by atoms with Crippen molar-refractivity contribution in [3.63, 3.8) is 0 Å². The molecule has 0 heterocycles. The minimum Gasteiger partial charge on any atom is -0.295 e. The molecule has 0 saturated carbocycles. The van der Waals surface area contributed by atoms with E-state index in [0.717, 1.165) is 15.1 Å². The lowest BCUT2D eigenvalue weighted by atomic mass is 10.1. The molecule has 20 heavy (non-hydrogen) atoms. The summed E-state index contributed by atoms with van der Waals surface area (Å²) in [7, 11) is 1.98. The van der Waals surface area contributed by atoms with Gasteiger partial charge in [0.1, 0.15) is 5.82 Å². The van der Waals surface area contributed by atoms with Crippen molar-refractivity contribution >= 4 is 27.5 Å². The largest absolute Gasteiger partial charge is 0.295 e. The lowest BCUT2D eigenvalue weighted by molar-refractivity contribution is 0.249. The fourth-order valence-corrected chi connectivity index (χ4v) is 2.61. The molecule has 0 bridgehead atoms. The van der Waals surface area contributed by atoms with Crippen molar-refractivity contribution in [2.75, 3.05) is 7.05 Å². The first-order chi connectivity index (χ1) is 9.47. The van der Waals surface area contributed by atoms with Crippen LogP contribution < -0.4 is 0 Å². The van der Waals surface area contributed by atoms with Crippen LogP contribution in [0.1, 0.15) is 24.1 Å². The Morgan fingerprint density at radius 2 is 2.00 bits per heavy atom. The second kappa shape index (κ2) is 6.70. The minimum atomic E-state index is -0.190. The van der Waals surface area contributed by atoms with E-state index in [1.165, 1.54) is 6.07 Å². The van der Waals surface area contributed by atoms with Crippen LogP contribution in [0.5, 0.6) is 0 Å². The minimum absolute atomic E-state index is 0.164. The second-order valence-corrected chi connectivity index (χ2v) is 6.23. The third kappa shape index (κ3) is 3.81. The first kappa shape index (κ1) is 15.5. The molecule has 0 aliphatic carbocycles. The van der Waals surface area contributed by atoms with Crippen molar-refractivity contribution in [2.45, 2.75) is 19.5 Å². The summed E-state index contributed by atoms with van der Waals surface area (Å²) < 4.78 is 14.6. The number of halogens is 3. The quantitative estimate of drug-likeness (QED) is 0.705. The van der Waals surface area contributed by atoms with E-state index >= 15 is 0 Å². The molecule has 1 unspecified atom stereocenters. The van der Waals surface area contributed by atoms with Gasteiger partial charge >= 0.3 is 0 Å². The van der Waals surface area contributed by atoms with E-state index in [1.807, 2.05) is 37.4 Å². The van der Waals surface area contributed by atoms with Crippen LogP contribution in [-0.2, 0) is 6.54 Å². The zero-order chi connectivity index (χ0) is 14.7. The molecule has 0 amide bonds. The maximum Gasteiger partial charge on any atom is 0.128 e. The van der Waals surface area contributed by atoms with Crippen LogP contribution >= 0.6 is 27.5 Å². The number of benzene rings is 2. The van der Waals surface area contributed by atoms with Crippen LogP contribution in [0.15, 0.2) is 46.9 Å². The fraction of sp³-hybridized carbons (Fsp3) is 0.250. The Labute approximate surface area is 132 Å². The summed E-state index contributed by atoms with van der Waals surface area (Å²) in [6.45, 7) is 2.63. The number of hydrogen-bond donors (Lipinski definition) is 0. The number of rotatable bonds is 4. The van der Waals surface area contributed by atoms with Crippen LogP contribution in [0.3, 0.4) is 0 Å². The van der Waals surface area contributed by atoms with E-state index < -0.39 is 0 Å². The highest BCUT2D eigenvalue weighted by Gasteiger charge is 2.14. The molecule has 1 atom stereocenters. The van der Waals surface area contributed by atoms with Gasteiger partial charge in [-0.2, -0.15) is 0 Å². The van der Waals surface area contributed by atoms with Gasteiger partial charge in [0, 0.05) is 27.6 Å². The van der Waals surface area contributed by atoms with Crippen molar-refractivity contribution in [3.05, 3.63) is 68.9 Å². The Morgan fingerprint density at radius 3 is 2.65 bits per heavy atom. The highest BCUT2D eigenvalue weighted by molar-refractivity contribution is 9.10. The van der Waals surface area contributed by atoms with Gasteiger partial charge in [-0.05, 0) is 43.8 Å². The summed E-state index contributed by atoms with van der Waals surface area (Å²) in [5.74, 6) is -0.190. The Bertz CT molecular complexity index is 603. The first-order valence-corrected chi connectivity index (χ1v) is 7.54. The van der Waals surface area contributed by atoms with Crippen molar-refractivity contribution < 1.29 is 4.39 Å². The molecule has 4 heteroatoms. The third-order valence-electron chi connectivity index (χ3n) is 3.43. The summed E-state index contributed by atoms with van der Waals surface area (Å²) in [6.07, 6.45) is 0. The van der Waals surface area contributed by atoms with Crippen LogP contribution in [-0.4, -0.2) is 11.9 Å². The van der Waals surface area contributed by atoms with E-state index in [0.29, 0.717) is 12.1 Å². The fourth-order valence-electron chi connectivity index (χ4n) is 2.08. The van der Waals surface area contributed by atoms with Crippen molar-refractivity contribution in [3.8, 4) is 0 Å².